The highest BCUT2D eigenvalue weighted by Crippen LogP contribution is 2.36. The van der Waals surface area contributed by atoms with Crippen molar-refractivity contribution in [2.75, 3.05) is 31.7 Å². The maximum atomic E-state index is 14.8. The molecule has 4 rings (SSSR count). The number of alkyl halides is 3. The second-order valence-corrected chi connectivity index (χ2v) is 8.76. The van der Waals surface area contributed by atoms with Crippen molar-refractivity contribution in [3.63, 3.8) is 0 Å². The minimum Gasteiger partial charge on any atom is -0.381 e. The number of ether oxygens (including phenoxy) is 3. The second-order valence-electron chi connectivity index (χ2n) is 8.76. The lowest BCUT2D eigenvalue weighted by molar-refractivity contribution is -0.140. The van der Waals surface area contributed by atoms with Crippen LogP contribution in [0.25, 0.3) is 0 Å². The molecule has 0 spiro atoms. The quantitative estimate of drug-likeness (QED) is 0.542. The lowest BCUT2D eigenvalue weighted by atomic mass is 10.0. The van der Waals surface area contributed by atoms with Gasteiger partial charge in [0.05, 0.1) is 42.5 Å². The molecule has 196 valence electrons. The summed E-state index contributed by atoms with van der Waals surface area (Å²) in [5, 5.41) is 5.97. The molecule has 36 heavy (non-hydrogen) atoms. The molecule has 2 aliphatic heterocycles. The number of aryl methyl sites for hydroxylation is 1. The number of rotatable bonds is 7. The van der Waals surface area contributed by atoms with Gasteiger partial charge in [-0.25, -0.2) is 14.4 Å². The van der Waals surface area contributed by atoms with Crippen LogP contribution in [-0.4, -0.2) is 48.3 Å². The zero-order valence-corrected chi connectivity index (χ0v) is 20.0. The zero-order valence-electron chi connectivity index (χ0n) is 20.0. The summed E-state index contributed by atoms with van der Waals surface area (Å²) < 4.78 is 71.1. The monoisotopic (exact) mass is 512 g/mol. The summed E-state index contributed by atoms with van der Waals surface area (Å²) in [6, 6.07) is 2.23. The van der Waals surface area contributed by atoms with Gasteiger partial charge in [0.1, 0.15) is 17.5 Å². The Morgan fingerprint density at radius 2 is 1.83 bits per heavy atom. The highest BCUT2D eigenvalue weighted by molar-refractivity contribution is 5.79. The second kappa shape index (κ2) is 11.1. The van der Waals surface area contributed by atoms with Gasteiger partial charge in [0, 0.05) is 24.8 Å². The van der Waals surface area contributed by atoms with Crippen LogP contribution in [0.4, 0.5) is 23.4 Å². The Hall–Kier alpha value is -2.83. The zero-order chi connectivity index (χ0) is 25.9. The van der Waals surface area contributed by atoms with Crippen LogP contribution in [0.15, 0.2) is 18.2 Å². The van der Waals surface area contributed by atoms with Crippen LogP contribution in [0.5, 0.6) is 0 Å². The minimum absolute atomic E-state index is 0.00174. The third kappa shape index (κ3) is 6.11. The number of carbonyl (C=O) groups is 1. The summed E-state index contributed by atoms with van der Waals surface area (Å²) in [5.74, 6) is -1.08. The molecule has 0 saturated carbocycles. The number of hydrogen-bond acceptors (Lipinski definition) is 7. The summed E-state index contributed by atoms with van der Waals surface area (Å²) >= 11 is 0. The van der Waals surface area contributed by atoms with Crippen molar-refractivity contribution < 1.29 is 36.6 Å². The Morgan fingerprint density at radius 1 is 1.14 bits per heavy atom. The number of hydrogen-bond donors (Lipinski definition) is 2. The van der Waals surface area contributed by atoms with Crippen LogP contribution in [-0.2, 0) is 31.6 Å². The molecular formula is C24H28F4N4O4. The lowest BCUT2D eigenvalue weighted by Crippen LogP contribution is -2.40. The molecule has 3 heterocycles. The van der Waals surface area contributed by atoms with Gasteiger partial charge in [0.25, 0.3) is 0 Å². The predicted molar refractivity (Wildman–Crippen MR) is 121 cm³/mol. The van der Waals surface area contributed by atoms with E-state index in [1.807, 2.05) is 0 Å². The molecular weight excluding hydrogens is 484 g/mol. The van der Waals surface area contributed by atoms with E-state index in [9.17, 15) is 22.4 Å². The normalized spacial score (nSPS) is 18.3. The van der Waals surface area contributed by atoms with Crippen LogP contribution >= 0.6 is 0 Å². The van der Waals surface area contributed by atoms with Crippen molar-refractivity contribution in [3.05, 3.63) is 52.2 Å². The first-order chi connectivity index (χ1) is 17.1. The first-order valence-electron chi connectivity index (χ1n) is 11.7. The van der Waals surface area contributed by atoms with Crippen LogP contribution in [0.3, 0.4) is 0 Å². The summed E-state index contributed by atoms with van der Waals surface area (Å²) in [6.45, 7) is 4.91. The average Bonchev–Trinajstić information content (AvgIpc) is 3.33. The van der Waals surface area contributed by atoms with Crippen molar-refractivity contribution >= 4 is 11.7 Å². The van der Waals surface area contributed by atoms with E-state index in [1.54, 1.807) is 6.92 Å². The standard InChI is InChI=1S/C24H28F4N4O4/c1-13(16-4-3-5-17(21(16)25)24(26,27)28)29-22-20(23-35-10-11-36-23)18(30-14(2)31-22)12-19(33)32-15-6-8-34-9-7-15/h3-5,13,15,23H,6-12H2,1-2H3,(H,32,33)(H,29,30,31). The van der Waals surface area contributed by atoms with E-state index in [0.29, 0.717) is 62.4 Å². The van der Waals surface area contributed by atoms with Gasteiger partial charge in [-0.15, -0.1) is 0 Å². The Balaban J connectivity index is 1.63. The van der Waals surface area contributed by atoms with E-state index in [2.05, 4.69) is 20.6 Å². The van der Waals surface area contributed by atoms with Gasteiger partial charge in [0.2, 0.25) is 5.91 Å². The third-order valence-corrected chi connectivity index (χ3v) is 6.06. The Kier molecular flexibility index (Phi) is 8.06. The molecule has 1 amide bonds. The summed E-state index contributed by atoms with van der Waals surface area (Å²) in [4.78, 5) is 21.6. The highest BCUT2D eigenvalue weighted by atomic mass is 19.4. The molecule has 2 fully saturated rings. The number of carbonyl (C=O) groups excluding carboxylic acids is 1. The van der Waals surface area contributed by atoms with E-state index in [4.69, 9.17) is 14.2 Å². The maximum absolute atomic E-state index is 14.8. The van der Waals surface area contributed by atoms with Crippen molar-refractivity contribution in [3.8, 4) is 0 Å². The van der Waals surface area contributed by atoms with E-state index < -0.39 is 29.9 Å². The summed E-state index contributed by atoms with van der Waals surface area (Å²) in [5.41, 5.74) is -0.808. The maximum Gasteiger partial charge on any atom is 0.419 e. The molecule has 2 aromatic rings. The molecule has 1 aromatic heterocycles. The molecule has 2 aliphatic rings. The highest BCUT2D eigenvalue weighted by Gasteiger charge is 2.36. The molecule has 1 aromatic carbocycles. The smallest absolute Gasteiger partial charge is 0.381 e. The topological polar surface area (TPSA) is 94.6 Å². The van der Waals surface area contributed by atoms with Crippen LogP contribution in [0, 0.1) is 12.7 Å². The van der Waals surface area contributed by atoms with E-state index in [1.165, 1.54) is 13.0 Å². The molecule has 12 heteroatoms. The van der Waals surface area contributed by atoms with Crippen molar-refractivity contribution in [1.29, 1.82) is 0 Å². The molecule has 2 saturated heterocycles. The molecule has 0 bridgehead atoms. The van der Waals surface area contributed by atoms with Gasteiger partial charge < -0.3 is 24.8 Å². The van der Waals surface area contributed by atoms with Gasteiger partial charge in [-0.05, 0) is 32.8 Å². The number of nitrogens with zero attached hydrogens (tertiary/aromatic N) is 2. The molecule has 8 nitrogen and oxygen atoms in total. The summed E-state index contributed by atoms with van der Waals surface area (Å²) in [6.07, 6.45) is -4.36. The van der Waals surface area contributed by atoms with Gasteiger partial charge in [0.15, 0.2) is 6.29 Å². The van der Waals surface area contributed by atoms with Crippen molar-refractivity contribution in [2.45, 2.75) is 57.7 Å². The Bertz CT molecular complexity index is 1090. The van der Waals surface area contributed by atoms with Gasteiger partial charge in [-0.1, -0.05) is 12.1 Å². The average molecular weight is 513 g/mol. The van der Waals surface area contributed by atoms with Crippen molar-refractivity contribution in [2.24, 2.45) is 0 Å². The number of anilines is 1. The predicted octanol–water partition coefficient (Wildman–Crippen LogP) is 4.00. The van der Waals surface area contributed by atoms with Crippen LogP contribution in [0.1, 0.15) is 60.3 Å². The lowest BCUT2D eigenvalue weighted by Gasteiger charge is -2.24. The number of benzene rings is 1. The third-order valence-electron chi connectivity index (χ3n) is 6.06. The van der Waals surface area contributed by atoms with Gasteiger partial charge in [-0.2, -0.15) is 13.2 Å². The number of halogens is 4. The fourth-order valence-electron chi connectivity index (χ4n) is 4.32. The molecule has 1 atom stereocenters. The Morgan fingerprint density at radius 3 is 2.50 bits per heavy atom. The molecule has 0 aliphatic carbocycles. The first-order valence-corrected chi connectivity index (χ1v) is 11.7. The Labute approximate surface area is 205 Å². The molecule has 2 N–H and O–H groups in total. The number of amides is 1. The van der Waals surface area contributed by atoms with E-state index >= 15 is 0 Å². The number of aromatic nitrogens is 2. The SMILES string of the molecule is Cc1nc(CC(=O)NC2CCOCC2)c(C2OCCO2)c(NC(C)c2cccc(C(F)(F)F)c2F)n1. The fraction of sp³-hybridized carbons (Fsp3) is 0.542. The summed E-state index contributed by atoms with van der Waals surface area (Å²) in [7, 11) is 0. The van der Waals surface area contributed by atoms with Gasteiger partial charge in [-0.3, -0.25) is 4.79 Å². The van der Waals surface area contributed by atoms with Crippen LogP contribution < -0.4 is 10.6 Å². The van der Waals surface area contributed by atoms with E-state index in [-0.39, 0.29) is 29.8 Å². The first kappa shape index (κ1) is 26.2. The molecule has 1 unspecified atom stereocenters. The number of nitrogens with one attached hydrogen (secondary N) is 2. The largest absolute Gasteiger partial charge is 0.419 e. The van der Waals surface area contributed by atoms with Crippen molar-refractivity contribution in [1.82, 2.24) is 15.3 Å². The molecule has 0 radical (unpaired) electrons. The van der Waals surface area contributed by atoms with Gasteiger partial charge >= 0.3 is 6.18 Å². The minimum atomic E-state index is -4.83. The van der Waals surface area contributed by atoms with E-state index in [0.717, 1.165) is 6.07 Å². The fourth-order valence-corrected chi connectivity index (χ4v) is 4.32. The van der Waals surface area contributed by atoms with Crippen LogP contribution in [0.2, 0.25) is 0 Å².